The standard InChI is InChI=1S/2C14H18O2.Ca/c2*1-10(2)4-5-12-6-8-13(9-7-12)11(3)14(15)16;/h2*4,6-9,11H,5H2,1-3H3,(H,15,16);/q;;+2/p-2. The van der Waals surface area contributed by atoms with Crippen LogP contribution in [-0.4, -0.2) is 49.7 Å². The number of benzene rings is 2. The molecular weight excluding hydrogens is 440 g/mol. The molecule has 0 aromatic heterocycles. The van der Waals surface area contributed by atoms with Crippen molar-refractivity contribution in [3.8, 4) is 0 Å². The van der Waals surface area contributed by atoms with Crippen molar-refractivity contribution in [3.63, 3.8) is 0 Å². The molecule has 0 bridgehead atoms. The molecular formula is C28H34CaO4. The number of carboxylic acids is 2. The molecule has 2 aromatic carbocycles. The third-order valence-corrected chi connectivity index (χ3v) is 5.16. The fourth-order valence-corrected chi connectivity index (χ4v) is 2.80. The van der Waals surface area contributed by atoms with E-state index in [-0.39, 0.29) is 37.7 Å². The van der Waals surface area contributed by atoms with Gasteiger partial charge in [0.15, 0.2) is 0 Å². The van der Waals surface area contributed by atoms with Crippen molar-refractivity contribution in [2.45, 2.75) is 66.2 Å². The Hall–Kier alpha value is -1.88. The largest absolute Gasteiger partial charge is 2.00 e. The molecule has 0 amide bonds. The summed E-state index contributed by atoms with van der Waals surface area (Å²) in [7, 11) is 0. The summed E-state index contributed by atoms with van der Waals surface area (Å²) in [5.41, 5.74) is 6.53. The smallest absolute Gasteiger partial charge is 0.550 e. The Labute approximate surface area is 228 Å². The van der Waals surface area contributed by atoms with E-state index in [2.05, 4.69) is 39.8 Å². The van der Waals surface area contributed by atoms with Crippen LogP contribution in [0.5, 0.6) is 0 Å². The van der Waals surface area contributed by atoms with Gasteiger partial charge in [-0.05, 0) is 62.8 Å². The van der Waals surface area contributed by atoms with Gasteiger partial charge in [0, 0.05) is 23.8 Å². The molecule has 0 aliphatic carbocycles. The summed E-state index contributed by atoms with van der Waals surface area (Å²) in [6.07, 6.45) is 6.08. The van der Waals surface area contributed by atoms with Crippen LogP contribution in [0.1, 0.15) is 75.6 Å². The van der Waals surface area contributed by atoms with Gasteiger partial charge in [-0.1, -0.05) is 85.7 Å². The molecule has 0 N–H and O–H groups in total. The van der Waals surface area contributed by atoms with Crippen LogP contribution >= 0.6 is 0 Å². The summed E-state index contributed by atoms with van der Waals surface area (Å²) in [5.74, 6) is -3.15. The van der Waals surface area contributed by atoms with E-state index in [0.29, 0.717) is 0 Å². The Morgan fingerprint density at radius 2 is 0.939 bits per heavy atom. The molecule has 2 unspecified atom stereocenters. The first-order valence-electron chi connectivity index (χ1n) is 10.9. The average molecular weight is 475 g/mol. The molecule has 0 heterocycles. The fourth-order valence-electron chi connectivity index (χ4n) is 2.80. The minimum absolute atomic E-state index is 0. The quantitative estimate of drug-likeness (QED) is 0.431. The minimum atomic E-state index is -1.03. The topological polar surface area (TPSA) is 80.3 Å². The summed E-state index contributed by atoms with van der Waals surface area (Å²) >= 11 is 0. The van der Waals surface area contributed by atoms with Gasteiger partial charge in [0.25, 0.3) is 0 Å². The third kappa shape index (κ3) is 12.2. The van der Waals surface area contributed by atoms with Gasteiger partial charge in [-0.25, -0.2) is 0 Å². The molecule has 33 heavy (non-hydrogen) atoms. The monoisotopic (exact) mass is 474 g/mol. The zero-order chi connectivity index (χ0) is 24.3. The SMILES string of the molecule is CC(C)=CCc1ccc(C(C)C(=O)[O-])cc1.CC(C)=CCc1ccc(C(C)C(=O)[O-])cc1.[Ca+2]. The van der Waals surface area contributed by atoms with E-state index in [1.165, 1.54) is 22.3 Å². The molecule has 2 aromatic rings. The van der Waals surface area contributed by atoms with Gasteiger partial charge in [0.05, 0.1) is 0 Å². The van der Waals surface area contributed by atoms with Gasteiger partial charge in [0.2, 0.25) is 0 Å². The predicted octanol–water partition coefficient (Wildman–Crippen LogP) is 3.72. The van der Waals surface area contributed by atoms with Crippen molar-refractivity contribution in [3.05, 3.63) is 94.1 Å². The molecule has 0 radical (unpaired) electrons. The van der Waals surface area contributed by atoms with Gasteiger partial charge in [-0.15, -0.1) is 0 Å². The number of hydrogen-bond donors (Lipinski definition) is 0. The maximum absolute atomic E-state index is 10.7. The van der Waals surface area contributed by atoms with E-state index in [1.54, 1.807) is 13.8 Å². The molecule has 2 atom stereocenters. The van der Waals surface area contributed by atoms with Crippen LogP contribution in [-0.2, 0) is 22.4 Å². The first-order valence-corrected chi connectivity index (χ1v) is 10.9. The van der Waals surface area contributed by atoms with Crippen LogP contribution < -0.4 is 10.2 Å². The molecule has 0 saturated heterocycles. The normalized spacial score (nSPS) is 11.6. The van der Waals surface area contributed by atoms with Crippen molar-refractivity contribution in [2.75, 3.05) is 0 Å². The van der Waals surface area contributed by atoms with Crippen LogP contribution in [0.2, 0.25) is 0 Å². The Bertz CT molecular complexity index is 853. The maximum Gasteiger partial charge on any atom is 2.00 e. The number of hydrogen-bond acceptors (Lipinski definition) is 4. The predicted molar refractivity (Wildman–Crippen MR) is 132 cm³/mol. The van der Waals surface area contributed by atoms with Crippen LogP contribution in [0.3, 0.4) is 0 Å². The van der Waals surface area contributed by atoms with Gasteiger partial charge < -0.3 is 19.8 Å². The van der Waals surface area contributed by atoms with Gasteiger partial charge >= 0.3 is 37.7 Å². The number of rotatable bonds is 8. The second-order valence-corrected chi connectivity index (χ2v) is 8.54. The second kappa shape index (κ2) is 15.9. The zero-order valence-corrected chi connectivity index (χ0v) is 22.9. The fraction of sp³-hybridized carbons (Fsp3) is 0.357. The van der Waals surface area contributed by atoms with Crippen molar-refractivity contribution >= 4 is 49.7 Å². The summed E-state index contributed by atoms with van der Waals surface area (Å²) in [4.78, 5) is 21.4. The number of allylic oxidation sites excluding steroid dienone is 4. The van der Waals surface area contributed by atoms with Crippen LogP contribution in [0, 0.1) is 0 Å². The van der Waals surface area contributed by atoms with Crippen molar-refractivity contribution in [2.24, 2.45) is 0 Å². The summed E-state index contributed by atoms with van der Waals surface area (Å²) in [5, 5.41) is 21.4. The van der Waals surface area contributed by atoms with E-state index in [0.717, 1.165) is 24.0 Å². The molecule has 0 aliphatic rings. The van der Waals surface area contributed by atoms with Gasteiger partial charge in [-0.2, -0.15) is 0 Å². The van der Waals surface area contributed by atoms with Gasteiger partial charge in [0.1, 0.15) is 0 Å². The third-order valence-electron chi connectivity index (χ3n) is 5.16. The van der Waals surface area contributed by atoms with Crippen LogP contribution in [0.25, 0.3) is 0 Å². The number of carboxylic acid groups (broad SMARTS) is 2. The summed E-state index contributed by atoms with van der Waals surface area (Å²) in [6.45, 7) is 11.5. The second-order valence-electron chi connectivity index (χ2n) is 8.54. The Morgan fingerprint density at radius 3 is 1.15 bits per heavy atom. The number of carbonyl (C=O) groups excluding carboxylic acids is 2. The maximum atomic E-state index is 10.7. The first kappa shape index (κ1) is 31.1. The molecule has 172 valence electrons. The van der Waals surface area contributed by atoms with Crippen molar-refractivity contribution in [1.29, 1.82) is 0 Å². The van der Waals surface area contributed by atoms with E-state index in [9.17, 15) is 19.8 Å². The Balaban J connectivity index is 0.000000602. The van der Waals surface area contributed by atoms with Crippen molar-refractivity contribution < 1.29 is 19.8 Å². The molecule has 2 rings (SSSR count). The van der Waals surface area contributed by atoms with E-state index in [1.807, 2.05) is 48.5 Å². The van der Waals surface area contributed by atoms with E-state index in [4.69, 9.17) is 0 Å². The minimum Gasteiger partial charge on any atom is -0.550 e. The number of carbonyl (C=O) groups is 2. The molecule has 0 spiro atoms. The molecule has 0 aliphatic heterocycles. The summed E-state index contributed by atoms with van der Waals surface area (Å²) < 4.78 is 0. The van der Waals surface area contributed by atoms with E-state index < -0.39 is 23.8 Å². The van der Waals surface area contributed by atoms with E-state index >= 15 is 0 Å². The Morgan fingerprint density at radius 1 is 0.667 bits per heavy atom. The molecule has 4 nitrogen and oxygen atoms in total. The zero-order valence-electron chi connectivity index (χ0n) is 20.7. The average Bonchev–Trinajstić information content (AvgIpc) is 2.76. The van der Waals surface area contributed by atoms with Crippen LogP contribution in [0.4, 0.5) is 0 Å². The molecule has 0 fully saturated rings. The van der Waals surface area contributed by atoms with Gasteiger partial charge in [-0.3, -0.25) is 0 Å². The summed E-state index contributed by atoms with van der Waals surface area (Å²) in [6, 6.07) is 15.3. The molecule has 5 heteroatoms. The Kier molecular flexibility index (Phi) is 15.0. The first-order chi connectivity index (χ1) is 15.0. The van der Waals surface area contributed by atoms with Crippen LogP contribution in [0.15, 0.2) is 71.8 Å². The van der Waals surface area contributed by atoms with Crippen molar-refractivity contribution in [1.82, 2.24) is 0 Å². The molecule has 0 saturated carbocycles. The number of aliphatic carboxylic acids is 2.